The van der Waals surface area contributed by atoms with Crippen LogP contribution in [0.1, 0.15) is 60.7 Å². The Bertz CT molecular complexity index is 1010. The fourth-order valence-electron chi connectivity index (χ4n) is 4.02. The van der Waals surface area contributed by atoms with Crippen molar-refractivity contribution in [2.75, 3.05) is 0 Å². The van der Waals surface area contributed by atoms with Crippen LogP contribution in [-0.2, 0) is 17.8 Å². The molecule has 1 aliphatic rings. The predicted molar refractivity (Wildman–Crippen MR) is 121 cm³/mol. The summed E-state index contributed by atoms with van der Waals surface area (Å²) in [6, 6.07) is 19.2. The minimum absolute atomic E-state index is 0.198. The summed E-state index contributed by atoms with van der Waals surface area (Å²) in [5.74, 6) is 0.719. The average Bonchev–Trinajstić information content (AvgIpc) is 3.55. The topological polar surface area (TPSA) is 38.1 Å². The van der Waals surface area contributed by atoms with Crippen molar-refractivity contribution in [3.8, 4) is 5.69 Å². The first kappa shape index (κ1) is 20.4. The highest BCUT2D eigenvalue weighted by molar-refractivity contribution is 5.80. The van der Waals surface area contributed by atoms with E-state index in [9.17, 15) is 4.79 Å². The third-order valence-corrected chi connectivity index (χ3v) is 6.08. The minimum atomic E-state index is 0.198. The Hall–Kier alpha value is -2.88. The van der Waals surface area contributed by atoms with E-state index in [0.717, 1.165) is 35.5 Å². The number of benzene rings is 2. The van der Waals surface area contributed by atoms with Gasteiger partial charge in [-0.15, -0.1) is 0 Å². The van der Waals surface area contributed by atoms with Crippen LogP contribution >= 0.6 is 0 Å². The van der Waals surface area contributed by atoms with Gasteiger partial charge in [-0.3, -0.25) is 4.79 Å². The van der Waals surface area contributed by atoms with Crippen LogP contribution in [0.2, 0.25) is 0 Å². The number of para-hydroxylation sites is 1. The monoisotopic (exact) mass is 401 g/mol. The number of carbonyl (C=O) groups excluding carboxylic acids is 1. The van der Waals surface area contributed by atoms with Gasteiger partial charge in [-0.1, -0.05) is 56.3 Å². The van der Waals surface area contributed by atoms with Crippen molar-refractivity contribution in [2.45, 2.75) is 65.5 Å². The summed E-state index contributed by atoms with van der Waals surface area (Å²) in [5, 5.41) is 4.71. The van der Waals surface area contributed by atoms with E-state index in [0.29, 0.717) is 24.9 Å². The van der Waals surface area contributed by atoms with Crippen molar-refractivity contribution >= 4 is 5.91 Å². The fourth-order valence-corrected chi connectivity index (χ4v) is 4.02. The van der Waals surface area contributed by atoms with E-state index in [1.165, 1.54) is 11.1 Å². The number of aromatic nitrogens is 2. The lowest BCUT2D eigenvalue weighted by atomic mass is 10.0. The third kappa shape index (κ3) is 4.33. The molecular weight excluding hydrogens is 370 g/mol. The van der Waals surface area contributed by atoms with Crippen LogP contribution in [0.5, 0.6) is 0 Å². The van der Waals surface area contributed by atoms with Crippen molar-refractivity contribution in [1.82, 2.24) is 14.7 Å². The van der Waals surface area contributed by atoms with Crippen molar-refractivity contribution in [2.24, 2.45) is 0 Å². The first-order valence-corrected chi connectivity index (χ1v) is 10.9. The van der Waals surface area contributed by atoms with Gasteiger partial charge in [-0.2, -0.15) is 5.10 Å². The van der Waals surface area contributed by atoms with E-state index in [4.69, 9.17) is 5.10 Å². The number of rotatable bonds is 7. The number of carbonyl (C=O) groups is 1. The van der Waals surface area contributed by atoms with Crippen LogP contribution in [0.25, 0.3) is 5.69 Å². The highest BCUT2D eigenvalue weighted by Gasteiger charge is 2.33. The molecule has 1 amide bonds. The molecule has 0 atom stereocenters. The number of nitrogens with zero attached hydrogens (tertiary/aromatic N) is 3. The summed E-state index contributed by atoms with van der Waals surface area (Å²) in [7, 11) is 0. The van der Waals surface area contributed by atoms with Crippen molar-refractivity contribution < 1.29 is 4.79 Å². The molecule has 4 heteroatoms. The molecular formula is C26H31N3O. The molecule has 1 fully saturated rings. The zero-order valence-electron chi connectivity index (χ0n) is 18.4. The van der Waals surface area contributed by atoms with Gasteiger partial charge in [-0.05, 0) is 55.9 Å². The zero-order chi connectivity index (χ0) is 21.3. The molecule has 4 nitrogen and oxygen atoms in total. The van der Waals surface area contributed by atoms with Crippen molar-refractivity contribution in [1.29, 1.82) is 0 Å². The molecule has 0 N–H and O–H groups in total. The number of amides is 1. The molecule has 1 saturated carbocycles. The van der Waals surface area contributed by atoms with Gasteiger partial charge in [0, 0.05) is 23.8 Å². The van der Waals surface area contributed by atoms with Crippen molar-refractivity contribution in [3.05, 3.63) is 82.7 Å². The summed E-state index contributed by atoms with van der Waals surface area (Å²) in [4.78, 5) is 15.4. The van der Waals surface area contributed by atoms with Crippen LogP contribution in [0.3, 0.4) is 0 Å². The minimum Gasteiger partial charge on any atom is -0.335 e. The van der Waals surface area contributed by atoms with Crippen LogP contribution in [0.4, 0.5) is 0 Å². The second-order valence-corrected chi connectivity index (χ2v) is 8.72. The second kappa shape index (κ2) is 8.47. The number of hydrogen-bond donors (Lipinski definition) is 0. The summed E-state index contributed by atoms with van der Waals surface area (Å²) < 4.78 is 1.95. The van der Waals surface area contributed by atoms with Crippen LogP contribution in [-0.4, -0.2) is 26.6 Å². The van der Waals surface area contributed by atoms with Gasteiger partial charge in [0.15, 0.2) is 0 Å². The first-order chi connectivity index (χ1) is 14.4. The largest absolute Gasteiger partial charge is 0.335 e. The molecule has 1 heterocycles. The molecule has 0 unspecified atom stereocenters. The van der Waals surface area contributed by atoms with Gasteiger partial charge >= 0.3 is 0 Å². The molecule has 0 bridgehead atoms. The first-order valence-electron chi connectivity index (χ1n) is 10.9. The molecule has 0 saturated heterocycles. The number of hydrogen-bond acceptors (Lipinski definition) is 2. The summed E-state index contributed by atoms with van der Waals surface area (Å²) in [6.07, 6.45) is 2.62. The molecule has 2 aromatic carbocycles. The van der Waals surface area contributed by atoms with E-state index in [-0.39, 0.29) is 5.91 Å². The molecule has 4 rings (SSSR count). The van der Waals surface area contributed by atoms with E-state index >= 15 is 0 Å². The predicted octanol–water partition coefficient (Wildman–Crippen LogP) is 5.35. The Balaban J connectivity index is 1.52. The molecule has 3 aromatic rings. The standard InChI is InChI=1S/C26H31N3O/c1-18(2)22-12-10-21(11-13-22)17-28(23-14-15-23)26(30)16-25-19(3)27-29(20(25)4)24-8-6-5-7-9-24/h5-13,18,23H,14-17H2,1-4H3. The smallest absolute Gasteiger partial charge is 0.227 e. The van der Waals surface area contributed by atoms with Gasteiger partial charge in [0.1, 0.15) is 0 Å². The third-order valence-electron chi connectivity index (χ3n) is 6.08. The molecule has 30 heavy (non-hydrogen) atoms. The maximum Gasteiger partial charge on any atom is 0.227 e. The lowest BCUT2D eigenvalue weighted by Gasteiger charge is -2.23. The maximum atomic E-state index is 13.3. The van der Waals surface area contributed by atoms with E-state index in [2.05, 4.69) is 49.9 Å². The quantitative estimate of drug-likeness (QED) is 0.535. The molecule has 1 aromatic heterocycles. The van der Waals surface area contributed by atoms with Gasteiger partial charge in [-0.25, -0.2) is 4.68 Å². The Morgan fingerprint density at radius 1 is 1.07 bits per heavy atom. The van der Waals surface area contributed by atoms with Crippen LogP contribution < -0.4 is 0 Å². The molecule has 0 spiro atoms. The van der Waals surface area contributed by atoms with Crippen LogP contribution in [0.15, 0.2) is 54.6 Å². The van der Waals surface area contributed by atoms with Gasteiger partial charge in [0.25, 0.3) is 0 Å². The van der Waals surface area contributed by atoms with E-state index in [1.807, 2.05) is 41.9 Å². The molecule has 156 valence electrons. The Morgan fingerprint density at radius 3 is 2.33 bits per heavy atom. The highest BCUT2D eigenvalue weighted by atomic mass is 16.2. The highest BCUT2D eigenvalue weighted by Crippen LogP contribution is 2.30. The lowest BCUT2D eigenvalue weighted by molar-refractivity contribution is -0.131. The average molecular weight is 402 g/mol. The summed E-state index contributed by atoms with van der Waals surface area (Å²) in [6.45, 7) is 9.15. The summed E-state index contributed by atoms with van der Waals surface area (Å²) in [5.41, 5.74) is 6.59. The summed E-state index contributed by atoms with van der Waals surface area (Å²) >= 11 is 0. The SMILES string of the molecule is Cc1nn(-c2ccccc2)c(C)c1CC(=O)N(Cc1ccc(C(C)C)cc1)C1CC1. The molecule has 0 aliphatic heterocycles. The molecule has 1 aliphatic carbocycles. The maximum absolute atomic E-state index is 13.3. The molecule has 0 radical (unpaired) electrons. The number of aryl methyl sites for hydroxylation is 1. The Morgan fingerprint density at radius 2 is 1.73 bits per heavy atom. The van der Waals surface area contributed by atoms with Gasteiger partial charge in [0.2, 0.25) is 5.91 Å². The Labute approximate surface area is 179 Å². The van der Waals surface area contributed by atoms with Crippen molar-refractivity contribution in [3.63, 3.8) is 0 Å². The van der Waals surface area contributed by atoms with E-state index in [1.54, 1.807) is 0 Å². The second-order valence-electron chi connectivity index (χ2n) is 8.72. The fraction of sp³-hybridized carbons (Fsp3) is 0.385. The van der Waals surface area contributed by atoms with Gasteiger partial charge < -0.3 is 4.90 Å². The van der Waals surface area contributed by atoms with Crippen LogP contribution in [0, 0.1) is 13.8 Å². The zero-order valence-corrected chi connectivity index (χ0v) is 18.4. The lowest BCUT2D eigenvalue weighted by Crippen LogP contribution is -2.34. The normalized spacial score (nSPS) is 13.6. The van der Waals surface area contributed by atoms with Gasteiger partial charge in [0.05, 0.1) is 17.8 Å². The Kier molecular flexibility index (Phi) is 5.76. The van der Waals surface area contributed by atoms with E-state index < -0.39 is 0 Å².